The van der Waals surface area contributed by atoms with Crippen molar-refractivity contribution < 1.29 is 0 Å². The summed E-state index contributed by atoms with van der Waals surface area (Å²) in [6.07, 6.45) is 3.65. The quantitative estimate of drug-likeness (QED) is 0.259. The lowest BCUT2D eigenvalue weighted by Crippen LogP contribution is -2.10. The molecule has 0 N–H and O–H groups in total. The van der Waals surface area contributed by atoms with Gasteiger partial charge in [-0.3, -0.25) is 4.98 Å². The van der Waals surface area contributed by atoms with E-state index >= 15 is 0 Å². The first-order valence-electron chi connectivity index (χ1n) is 10.7. The van der Waals surface area contributed by atoms with Crippen LogP contribution >= 0.6 is 22.9 Å². The molecule has 0 aliphatic carbocycles. The maximum atomic E-state index is 6.67. The summed E-state index contributed by atoms with van der Waals surface area (Å²) in [5.74, 6) is 0. The Morgan fingerprint density at radius 3 is 2.09 bits per heavy atom. The van der Waals surface area contributed by atoms with Gasteiger partial charge in [0.25, 0.3) is 0 Å². The van der Waals surface area contributed by atoms with Crippen LogP contribution in [0, 0.1) is 0 Å². The molecule has 0 amide bonds. The lowest BCUT2D eigenvalue weighted by molar-refractivity contribution is 1.25. The largest absolute Gasteiger partial charge is 0.309 e. The second-order valence-electron chi connectivity index (χ2n) is 7.85. The van der Waals surface area contributed by atoms with E-state index < -0.39 is 0 Å². The number of benzene rings is 4. The van der Waals surface area contributed by atoms with Gasteiger partial charge >= 0.3 is 0 Å². The molecule has 158 valence electrons. The molecule has 2 aromatic heterocycles. The molecule has 0 spiro atoms. The first kappa shape index (κ1) is 20.0. The fraction of sp³-hybridized carbons (Fsp3) is 0. The number of thiophene rings is 1. The van der Waals surface area contributed by atoms with Crippen molar-refractivity contribution in [1.29, 1.82) is 0 Å². The van der Waals surface area contributed by atoms with E-state index in [2.05, 4.69) is 94.8 Å². The van der Waals surface area contributed by atoms with Crippen LogP contribution < -0.4 is 4.90 Å². The number of anilines is 3. The molecule has 0 radical (unpaired) electrons. The van der Waals surface area contributed by atoms with Gasteiger partial charge in [-0.15, -0.1) is 11.3 Å². The molecule has 4 heteroatoms. The highest BCUT2D eigenvalue weighted by molar-refractivity contribution is 7.26. The van der Waals surface area contributed by atoms with Crippen LogP contribution in [0.3, 0.4) is 0 Å². The van der Waals surface area contributed by atoms with Crippen LogP contribution in [0.25, 0.3) is 31.3 Å². The molecule has 0 aliphatic heterocycles. The molecule has 0 unspecified atom stereocenters. The Balaban J connectivity index is 1.57. The number of hydrogen-bond acceptors (Lipinski definition) is 3. The van der Waals surface area contributed by atoms with Crippen molar-refractivity contribution in [2.45, 2.75) is 0 Å². The van der Waals surface area contributed by atoms with E-state index in [0.29, 0.717) is 0 Å². The number of rotatable bonds is 4. The fourth-order valence-corrected chi connectivity index (χ4v) is 5.70. The monoisotopic (exact) mass is 462 g/mol. The lowest BCUT2D eigenvalue weighted by Gasteiger charge is -2.26. The zero-order valence-electron chi connectivity index (χ0n) is 17.7. The number of nitrogens with zero attached hydrogens (tertiary/aromatic N) is 2. The van der Waals surface area contributed by atoms with Crippen LogP contribution in [0.4, 0.5) is 17.1 Å². The molecular formula is C29H19ClN2S. The molecule has 6 rings (SSSR count). The highest BCUT2D eigenvalue weighted by atomic mass is 35.5. The van der Waals surface area contributed by atoms with E-state index in [1.165, 1.54) is 31.3 Å². The van der Waals surface area contributed by atoms with Gasteiger partial charge < -0.3 is 4.90 Å². The number of halogens is 1. The zero-order chi connectivity index (χ0) is 22.2. The molecule has 0 fully saturated rings. The van der Waals surface area contributed by atoms with Crippen molar-refractivity contribution in [1.82, 2.24) is 4.98 Å². The summed E-state index contributed by atoms with van der Waals surface area (Å²) >= 11 is 8.47. The number of hydrogen-bond donors (Lipinski definition) is 0. The molecule has 0 aliphatic rings. The molecule has 6 aromatic rings. The summed E-state index contributed by atoms with van der Waals surface area (Å²) in [5, 5.41) is 3.13. The van der Waals surface area contributed by atoms with Crippen LogP contribution in [0.2, 0.25) is 5.02 Å². The van der Waals surface area contributed by atoms with Gasteiger partial charge in [-0.05, 0) is 53.6 Å². The van der Waals surface area contributed by atoms with Crippen LogP contribution in [-0.2, 0) is 0 Å². The maximum absolute atomic E-state index is 6.67. The summed E-state index contributed by atoms with van der Waals surface area (Å²) in [6, 6.07) is 35.8. The Morgan fingerprint density at radius 1 is 0.636 bits per heavy atom. The predicted octanol–water partition coefficient (Wildman–Crippen LogP) is 9.24. The molecule has 0 saturated heterocycles. The van der Waals surface area contributed by atoms with E-state index in [1.807, 2.05) is 30.6 Å². The van der Waals surface area contributed by atoms with E-state index in [-0.39, 0.29) is 0 Å². The maximum Gasteiger partial charge on any atom is 0.0655 e. The Kier molecular flexibility index (Phi) is 5.06. The first-order chi connectivity index (χ1) is 16.3. The Labute approximate surface area is 201 Å². The normalized spacial score (nSPS) is 11.2. The van der Waals surface area contributed by atoms with E-state index in [1.54, 1.807) is 11.3 Å². The Morgan fingerprint density at radius 2 is 1.30 bits per heavy atom. The number of fused-ring (bicyclic) bond motifs is 3. The second kappa shape index (κ2) is 8.36. The van der Waals surface area contributed by atoms with Crippen molar-refractivity contribution >= 4 is 60.2 Å². The average Bonchev–Trinajstić information content (AvgIpc) is 3.24. The third kappa shape index (κ3) is 3.66. The summed E-state index contributed by atoms with van der Waals surface area (Å²) < 4.78 is 2.47. The molecule has 2 heterocycles. The van der Waals surface area contributed by atoms with Crippen molar-refractivity contribution in [3.63, 3.8) is 0 Å². The summed E-state index contributed by atoms with van der Waals surface area (Å²) in [5.41, 5.74) is 5.57. The van der Waals surface area contributed by atoms with E-state index in [0.717, 1.165) is 22.1 Å². The predicted molar refractivity (Wildman–Crippen MR) is 142 cm³/mol. The zero-order valence-corrected chi connectivity index (χ0v) is 19.2. The van der Waals surface area contributed by atoms with Gasteiger partial charge in [0.2, 0.25) is 0 Å². The van der Waals surface area contributed by atoms with E-state index in [4.69, 9.17) is 11.6 Å². The van der Waals surface area contributed by atoms with Gasteiger partial charge in [-0.25, -0.2) is 0 Å². The van der Waals surface area contributed by atoms with Crippen LogP contribution in [0.1, 0.15) is 0 Å². The van der Waals surface area contributed by atoms with Gasteiger partial charge in [-0.1, -0.05) is 72.3 Å². The molecule has 0 saturated carbocycles. The van der Waals surface area contributed by atoms with E-state index in [9.17, 15) is 0 Å². The molecule has 33 heavy (non-hydrogen) atoms. The highest BCUT2D eigenvalue weighted by Crippen LogP contribution is 2.46. The number of aromatic nitrogens is 1. The van der Waals surface area contributed by atoms with Gasteiger partial charge in [0.1, 0.15) is 0 Å². The van der Waals surface area contributed by atoms with Gasteiger partial charge in [0.15, 0.2) is 0 Å². The van der Waals surface area contributed by atoms with Crippen molar-refractivity contribution in [2.24, 2.45) is 0 Å². The minimum absolute atomic E-state index is 0.723. The van der Waals surface area contributed by atoms with Crippen molar-refractivity contribution in [3.8, 4) is 11.1 Å². The molecule has 0 atom stereocenters. The van der Waals surface area contributed by atoms with Crippen molar-refractivity contribution in [2.75, 3.05) is 4.90 Å². The molecule has 4 aromatic carbocycles. The first-order valence-corrected chi connectivity index (χ1v) is 11.9. The topological polar surface area (TPSA) is 16.1 Å². The van der Waals surface area contributed by atoms with Crippen LogP contribution in [0.5, 0.6) is 0 Å². The van der Waals surface area contributed by atoms with Crippen LogP contribution in [-0.4, -0.2) is 4.98 Å². The third-order valence-electron chi connectivity index (χ3n) is 5.82. The third-order valence-corrected chi connectivity index (χ3v) is 7.25. The molecular weight excluding hydrogens is 444 g/mol. The highest BCUT2D eigenvalue weighted by Gasteiger charge is 2.19. The molecule has 0 bridgehead atoms. The SMILES string of the molecule is Clc1cc(N(c2ccncc2)c2ccc(-c3ccccc3)cc2)c2sc3ccccc3c2c1. The summed E-state index contributed by atoms with van der Waals surface area (Å²) in [6.45, 7) is 0. The summed E-state index contributed by atoms with van der Waals surface area (Å²) in [7, 11) is 0. The van der Waals surface area contributed by atoms with Gasteiger partial charge in [0, 0.05) is 44.3 Å². The van der Waals surface area contributed by atoms with Crippen molar-refractivity contribution in [3.05, 3.63) is 121 Å². The minimum Gasteiger partial charge on any atom is -0.309 e. The Bertz CT molecular complexity index is 1560. The standard InChI is InChI=1S/C29H19ClN2S/c30-22-18-26-25-8-4-5-9-28(25)33-29(26)27(19-22)32(24-14-16-31-17-15-24)23-12-10-21(11-13-23)20-6-2-1-3-7-20/h1-19H. The van der Waals surface area contributed by atoms with Gasteiger partial charge in [0.05, 0.1) is 10.4 Å². The minimum atomic E-state index is 0.723. The lowest BCUT2D eigenvalue weighted by atomic mass is 10.0. The molecule has 2 nitrogen and oxygen atoms in total. The Hall–Kier alpha value is -3.66. The summed E-state index contributed by atoms with van der Waals surface area (Å²) in [4.78, 5) is 6.50. The van der Waals surface area contributed by atoms with Crippen LogP contribution in [0.15, 0.2) is 116 Å². The van der Waals surface area contributed by atoms with Gasteiger partial charge in [-0.2, -0.15) is 0 Å². The smallest absolute Gasteiger partial charge is 0.0655 e. The average molecular weight is 463 g/mol. The number of pyridine rings is 1. The second-order valence-corrected chi connectivity index (χ2v) is 9.34. The fourth-order valence-electron chi connectivity index (χ4n) is 4.29.